The Hall–Kier alpha value is -1.68. The summed E-state index contributed by atoms with van der Waals surface area (Å²) in [6, 6.07) is -1.52. The summed E-state index contributed by atoms with van der Waals surface area (Å²) in [7, 11) is 1.31. The molecule has 2 unspecified atom stereocenters. The maximum Gasteiger partial charge on any atom is 0.373 e. The molecule has 0 spiro atoms. The Morgan fingerprint density at radius 2 is 2.17 bits per heavy atom. The average molecular weight is 332 g/mol. The fourth-order valence-corrected chi connectivity index (χ4v) is 2.37. The molecule has 5 N–H and O–H groups in total. The first-order chi connectivity index (χ1) is 10.8. The monoisotopic (exact) mass is 332 g/mol. The number of methoxy groups -OCH3 is 1. The summed E-state index contributed by atoms with van der Waals surface area (Å²) in [5.41, 5.74) is 6.00. The number of nitrogens with one attached hydrogen (secondary N) is 1. The van der Waals surface area contributed by atoms with E-state index in [1.54, 1.807) is 6.92 Å². The molecule has 9 heteroatoms. The summed E-state index contributed by atoms with van der Waals surface area (Å²) >= 11 is 0. The number of carbonyl (C=O) groups is 2. The molecule has 0 fully saturated rings. The van der Waals surface area contributed by atoms with E-state index < -0.39 is 43.0 Å². The van der Waals surface area contributed by atoms with Gasteiger partial charge in [0.15, 0.2) is 0 Å². The van der Waals surface area contributed by atoms with Gasteiger partial charge in [0.2, 0.25) is 11.7 Å². The Balaban J connectivity index is 3.11. The third-order valence-electron chi connectivity index (χ3n) is 3.38. The lowest BCUT2D eigenvalue weighted by atomic mass is 9.92. The number of nitrogens with two attached hydrogens (primary N) is 1. The molecule has 0 saturated heterocycles. The van der Waals surface area contributed by atoms with Gasteiger partial charge in [0.1, 0.15) is 18.3 Å². The van der Waals surface area contributed by atoms with Crippen LogP contribution in [0.5, 0.6) is 0 Å². The van der Waals surface area contributed by atoms with Crippen molar-refractivity contribution >= 4 is 11.9 Å². The van der Waals surface area contributed by atoms with Gasteiger partial charge >= 0.3 is 5.97 Å². The van der Waals surface area contributed by atoms with Gasteiger partial charge in [0, 0.05) is 14.0 Å². The van der Waals surface area contributed by atoms with E-state index in [1.807, 2.05) is 0 Å². The molecule has 1 heterocycles. The average Bonchev–Trinajstić information content (AvgIpc) is 2.50. The second kappa shape index (κ2) is 8.82. The SMILES string of the molecule is CCOC(=O)C1=C[C@H](N)[C@@H](NC(C)=O)[C@H](C(OC)C(O)CO)O1. The number of esters is 1. The highest BCUT2D eigenvalue weighted by molar-refractivity contribution is 5.86. The van der Waals surface area contributed by atoms with Crippen LogP contribution in [0.1, 0.15) is 13.8 Å². The van der Waals surface area contributed by atoms with Crippen molar-refractivity contribution in [2.45, 2.75) is 44.2 Å². The quantitative estimate of drug-likeness (QED) is 0.394. The zero-order valence-corrected chi connectivity index (χ0v) is 13.4. The van der Waals surface area contributed by atoms with Crippen LogP contribution in [0.25, 0.3) is 0 Å². The second-order valence-corrected chi connectivity index (χ2v) is 5.09. The number of carbonyl (C=O) groups excluding carboxylic acids is 2. The van der Waals surface area contributed by atoms with Gasteiger partial charge in [0.05, 0.1) is 25.3 Å². The van der Waals surface area contributed by atoms with Gasteiger partial charge in [-0.3, -0.25) is 4.79 Å². The Morgan fingerprint density at radius 3 is 2.65 bits per heavy atom. The van der Waals surface area contributed by atoms with Crippen molar-refractivity contribution in [1.29, 1.82) is 0 Å². The summed E-state index contributed by atoms with van der Waals surface area (Å²) in [5, 5.41) is 21.7. The van der Waals surface area contributed by atoms with E-state index in [0.717, 1.165) is 0 Å². The van der Waals surface area contributed by atoms with Crippen LogP contribution in [0.4, 0.5) is 0 Å². The molecule has 132 valence electrons. The van der Waals surface area contributed by atoms with Crippen LogP contribution in [-0.4, -0.2) is 72.8 Å². The van der Waals surface area contributed by atoms with Gasteiger partial charge in [-0.25, -0.2) is 4.79 Å². The van der Waals surface area contributed by atoms with Crippen LogP contribution in [-0.2, 0) is 23.8 Å². The van der Waals surface area contributed by atoms with Gasteiger partial charge in [0.25, 0.3) is 0 Å². The molecule has 0 aromatic heterocycles. The van der Waals surface area contributed by atoms with Gasteiger partial charge in [-0.05, 0) is 13.0 Å². The van der Waals surface area contributed by atoms with Gasteiger partial charge in [-0.2, -0.15) is 0 Å². The second-order valence-electron chi connectivity index (χ2n) is 5.09. The van der Waals surface area contributed by atoms with Crippen molar-refractivity contribution in [3.05, 3.63) is 11.8 Å². The standard InChI is InChI=1S/C14H24N2O7/c1-4-22-14(20)10-5-8(15)11(16-7(2)18)13(23-10)12(21-3)9(19)6-17/h5,8-9,11-13,17,19H,4,6,15H2,1-3H3,(H,16,18)/t8-,9?,11+,12?,13+/m0/s1. The van der Waals surface area contributed by atoms with Crippen LogP contribution in [0.3, 0.4) is 0 Å². The Morgan fingerprint density at radius 1 is 1.52 bits per heavy atom. The molecule has 0 radical (unpaired) electrons. The van der Waals surface area contributed by atoms with Crippen LogP contribution in [0.15, 0.2) is 11.8 Å². The number of aliphatic hydroxyl groups is 2. The molecule has 1 aliphatic rings. The van der Waals surface area contributed by atoms with E-state index in [1.165, 1.54) is 20.1 Å². The van der Waals surface area contributed by atoms with Crippen LogP contribution in [0, 0.1) is 0 Å². The van der Waals surface area contributed by atoms with E-state index in [-0.39, 0.29) is 18.3 Å². The lowest BCUT2D eigenvalue weighted by Crippen LogP contribution is -2.62. The summed E-state index contributed by atoms with van der Waals surface area (Å²) in [6.07, 6.45) is -1.94. The lowest BCUT2D eigenvalue weighted by Gasteiger charge is -2.40. The van der Waals surface area contributed by atoms with Crippen LogP contribution >= 0.6 is 0 Å². The molecule has 23 heavy (non-hydrogen) atoms. The molecule has 0 bridgehead atoms. The Labute approximate surface area is 134 Å². The molecule has 0 saturated carbocycles. The highest BCUT2D eigenvalue weighted by Gasteiger charge is 2.43. The van der Waals surface area contributed by atoms with Gasteiger partial charge < -0.3 is 35.5 Å². The van der Waals surface area contributed by atoms with E-state index >= 15 is 0 Å². The molecule has 1 amide bonds. The molecule has 1 aliphatic heterocycles. The number of rotatable bonds is 7. The first-order valence-corrected chi connectivity index (χ1v) is 7.25. The highest BCUT2D eigenvalue weighted by atomic mass is 16.6. The maximum absolute atomic E-state index is 11.9. The van der Waals surface area contributed by atoms with Crippen molar-refractivity contribution in [2.24, 2.45) is 5.73 Å². The van der Waals surface area contributed by atoms with Crippen LogP contribution in [0.2, 0.25) is 0 Å². The Bertz CT molecular complexity index is 454. The molecule has 1 rings (SSSR count). The topological polar surface area (TPSA) is 140 Å². The number of ether oxygens (including phenoxy) is 3. The van der Waals surface area contributed by atoms with E-state index in [4.69, 9.17) is 25.1 Å². The predicted molar refractivity (Wildman–Crippen MR) is 79.1 cm³/mol. The first-order valence-electron chi connectivity index (χ1n) is 7.25. The van der Waals surface area contributed by atoms with Crippen molar-refractivity contribution < 1.29 is 34.0 Å². The van der Waals surface area contributed by atoms with Crippen molar-refractivity contribution in [1.82, 2.24) is 5.32 Å². The molecule has 9 nitrogen and oxygen atoms in total. The number of aliphatic hydroxyl groups excluding tert-OH is 2. The molecule has 0 aromatic rings. The summed E-state index contributed by atoms with van der Waals surface area (Å²) in [4.78, 5) is 23.2. The van der Waals surface area contributed by atoms with E-state index in [0.29, 0.717) is 0 Å². The first kappa shape index (κ1) is 19.4. The van der Waals surface area contributed by atoms with E-state index in [2.05, 4.69) is 5.32 Å². The fourth-order valence-electron chi connectivity index (χ4n) is 2.37. The highest BCUT2D eigenvalue weighted by Crippen LogP contribution is 2.24. The normalized spacial score (nSPS) is 26.5. The molecular formula is C14H24N2O7. The fraction of sp³-hybridized carbons (Fsp3) is 0.714. The summed E-state index contributed by atoms with van der Waals surface area (Å²) in [6.45, 7) is 2.52. The minimum absolute atomic E-state index is 0.127. The zero-order chi connectivity index (χ0) is 17.6. The zero-order valence-electron chi connectivity index (χ0n) is 13.4. The number of hydrogen-bond donors (Lipinski definition) is 4. The van der Waals surface area contributed by atoms with E-state index in [9.17, 15) is 14.7 Å². The summed E-state index contributed by atoms with van der Waals surface area (Å²) in [5.74, 6) is -1.19. The third-order valence-corrected chi connectivity index (χ3v) is 3.38. The lowest BCUT2D eigenvalue weighted by molar-refractivity contribution is -0.153. The van der Waals surface area contributed by atoms with Crippen molar-refractivity contribution in [2.75, 3.05) is 20.3 Å². The smallest absolute Gasteiger partial charge is 0.373 e. The maximum atomic E-state index is 11.9. The third kappa shape index (κ3) is 4.90. The van der Waals surface area contributed by atoms with Crippen molar-refractivity contribution in [3.63, 3.8) is 0 Å². The molecule has 0 aromatic carbocycles. The number of hydrogen-bond acceptors (Lipinski definition) is 8. The largest absolute Gasteiger partial charge is 0.478 e. The van der Waals surface area contributed by atoms with Gasteiger partial charge in [-0.15, -0.1) is 0 Å². The minimum atomic E-state index is -1.28. The van der Waals surface area contributed by atoms with Crippen molar-refractivity contribution in [3.8, 4) is 0 Å². The Kier molecular flexibility index (Phi) is 7.43. The predicted octanol–water partition coefficient (Wildman–Crippen LogP) is -1.97. The van der Waals surface area contributed by atoms with Gasteiger partial charge in [-0.1, -0.05) is 0 Å². The summed E-state index contributed by atoms with van der Waals surface area (Å²) < 4.78 is 15.6. The molecular weight excluding hydrogens is 308 g/mol. The van der Waals surface area contributed by atoms with Crippen LogP contribution < -0.4 is 11.1 Å². The molecule has 0 aliphatic carbocycles. The molecule has 5 atom stereocenters. The number of amides is 1. The minimum Gasteiger partial charge on any atom is -0.478 e.